The number of aromatic nitrogens is 2. The third-order valence-electron chi connectivity index (χ3n) is 2.75. The smallest absolute Gasteiger partial charge is 0.225 e. The van der Waals surface area contributed by atoms with Crippen molar-refractivity contribution in [3.05, 3.63) is 40.7 Å². The van der Waals surface area contributed by atoms with Crippen LogP contribution < -0.4 is 4.73 Å². The second kappa shape index (κ2) is 4.51. The van der Waals surface area contributed by atoms with Crippen LogP contribution in [0.25, 0.3) is 21.1 Å². The van der Waals surface area contributed by atoms with E-state index in [2.05, 4.69) is 4.98 Å². The van der Waals surface area contributed by atoms with Crippen LogP contribution in [0.5, 0.6) is 0 Å². The Hall–Kier alpha value is -1.72. The summed E-state index contributed by atoms with van der Waals surface area (Å²) in [5.74, 6) is 0. The largest absolute Gasteiger partial charge is 0.618 e. The fourth-order valence-electron chi connectivity index (χ4n) is 1.95. The molecule has 0 unspecified atom stereocenters. The average Bonchev–Trinajstić information content (AvgIpc) is 2.80. The topological polar surface area (TPSA) is 49.1 Å². The van der Waals surface area contributed by atoms with E-state index < -0.39 is 0 Å². The van der Waals surface area contributed by atoms with Crippen LogP contribution in [0, 0.1) is 5.21 Å². The first-order chi connectivity index (χ1) is 8.79. The van der Waals surface area contributed by atoms with E-state index in [0.29, 0.717) is 18.7 Å². The van der Waals surface area contributed by atoms with Gasteiger partial charge in [0, 0.05) is 12.7 Å². The Morgan fingerprint density at radius 3 is 3.06 bits per heavy atom. The summed E-state index contributed by atoms with van der Waals surface area (Å²) in [4.78, 5) is 4.43. The lowest BCUT2D eigenvalue weighted by atomic mass is 10.2. The maximum absolute atomic E-state index is 11.9. The Morgan fingerprint density at radius 2 is 2.22 bits per heavy atom. The highest BCUT2D eigenvalue weighted by atomic mass is 32.1. The summed E-state index contributed by atoms with van der Waals surface area (Å²) >= 11 is 1.59. The molecule has 2 heterocycles. The molecule has 0 radical (unpaired) electrons. The van der Waals surface area contributed by atoms with Crippen LogP contribution in [0.4, 0.5) is 0 Å². The molecule has 18 heavy (non-hydrogen) atoms. The first-order valence-corrected chi connectivity index (χ1v) is 6.59. The van der Waals surface area contributed by atoms with Crippen molar-refractivity contribution in [3.8, 4) is 0 Å². The Labute approximate surface area is 108 Å². The third kappa shape index (κ3) is 1.81. The summed E-state index contributed by atoms with van der Waals surface area (Å²) < 4.78 is 7.28. The van der Waals surface area contributed by atoms with Crippen LogP contribution in [0.15, 0.2) is 30.5 Å². The molecule has 0 N–H and O–H groups in total. The van der Waals surface area contributed by atoms with E-state index in [9.17, 15) is 5.21 Å². The molecule has 1 aromatic carbocycles. The van der Waals surface area contributed by atoms with Crippen molar-refractivity contribution in [3.63, 3.8) is 0 Å². The maximum atomic E-state index is 11.9. The highest BCUT2D eigenvalue weighted by Gasteiger charge is 2.13. The summed E-state index contributed by atoms with van der Waals surface area (Å²) in [6.07, 6.45) is 1.53. The molecule has 0 bridgehead atoms. The van der Waals surface area contributed by atoms with Gasteiger partial charge in [0.1, 0.15) is 10.5 Å². The Balaban J connectivity index is 2.23. The van der Waals surface area contributed by atoms with Gasteiger partial charge < -0.3 is 9.94 Å². The number of rotatable bonds is 3. The third-order valence-corrected chi connectivity index (χ3v) is 3.83. The molecule has 2 aromatic heterocycles. The molecule has 0 saturated carbocycles. The lowest BCUT2D eigenvalue weighted by Gasteiger charge is -2.00. The SMILES string of the molecule is CCOCc1nc2c[n+]([O-])c3ccccc3c2s1. The van der Waals surface area contributed by atoms with E-state index in [1.54, 1.807) is 11.3 Å². The zero-order chi connectivity index (χ0) is 12.5. The minimum absolute atomic E-state index is 0.503. The van der Waals surface area contributed by atoms with Gasteiger partial charge in [-0.2, -0.15) is 4.73 Å². The van der Waals surface area contributed by atoms with Gasteiger partial charge >= 0.3 is 0 Å². The number of nitrogens with zero attached hydrogens (tertiary/aromatic N) is 2. The molecule has 92 valence electrons. The molecule has 4 nitrogen and oxygen atoms in total. The molecule has 3 rings (SSSR count). The van der Waals surface area contributed by atoms with E-state index in [4.69, 9.17) is 4.74 Å². The van der Waals surface area contributed by atoms with Crippen LogP contribution in [-0.2, 0) is 11.3 Å². The number of hydrogen-bond acceptors (Lipinski definition) is 4. The van der Waals surface area contributed by atoms with Gasteiger partial charge in [0.05, 0.1) is 16.7 Å². The van der Waals surface area contributed by atoms with Crippen LogP contribution in [0.3, 0.4) is 0 Å². The number of hydrogen-bond donors (Lipinski definition) is 0. The molecule has 0 aliphatic carbocycles. The summed E-state index contributed by atoms with van der Waals surface area (Å²) in [5.41, 5.74) is 1.42. The van der Waals surface area contributed by atoms with Gasteiger partial charge in [-0.05, 0) is 13.0 Å². The standard InChI is InChI=1S/C13H12N2O2S/c1-2-17-8-12-14-10-7-15(16)11-6-4-3-5-9(11)13(10)18-12/h3-7H,2,8H2,1H3. The van der Waals surface area contributed by atoms with Crippen molar-refractivity contribution in [1.29, 1.82) is 0 Å². The molecule has 0 aliphatic heterocycles. The van der Waals surface area contributed by atoms with E-state index in [1.165, 1.54) is 6.20 Å². The predicted molar refractivity (Wildman–Crippen MR) is 71.4 cm³/mol. The average molecular weight is 260 g/mol. The number of benzene rings is 1. The number of pyridine rings is 1. The molecule has 3 aromatic rings. The van der Waals surface area contributed by atoms with Crippen LogP contribution in [0.1, 0.15) is 11.9 Å². The van der Waals surface area contributed by atoms with Gasteiger partial charge in [-0.1, -0.05) is 12.1 Å². The fourth-order valence-corrected chi connectivity index (χ4v) is 2.96. The van der Waals surface area contributed by atoms with E-state index in [-0.39, 0.29) is 0 Å². The van der Waals surface area contributed by atoms with E-state index >= 15 is 0 Å². The van der Waals surface area contributed by atoms with Crippen LogP contribution in [0.2, 0.25) is 0 Å². The second-order valence-corrected chi connectivity index (χ2v) is 5.01. The molecular weight excluding hydrogens is 248 g/mol. The highest BCUT2D eigenvalue weighted by molar-refractivity contribution is 7.19. The fraction of sp³-hybridized carbons (Fsp3) is 0.231. The summed E-state index contributed by atoms with van der Waals surface area (Å²) in [6.45, 7) is 3.12. The number of para-hydroxylation sites is 1. The maximum Gasteiger partial charge on any atom is 0.225 e. The molecule has 5 heteroatoms. The summed E-state index contributed by atoms with van der Waals surface area (Å²) in [7, 11) is 0. The molecule has 0 amide bonds. The van der Waals surface area contributed by atoms with Gasteiger partial charge in [-0.15, -0.1) is 11.3 Å². The van der Waals surface area contributed by atoms with Crippen molar-refractivity contribution in [2.24, 2.45) is 0 Å². The van der Waals surface area contributed by atoms with Crippen LogP contribution >= 0.6 is 11.3 Å². The molecule has 0 atom stereocenters. The zero-order valence-electron chi connectivity index (χ0n) is 9.92. The minimum atomic E-state index is 0.503. The number of thiazole rings is 1. The molecule has 0 spiro atoms. The molecule has 0 saturated heterocycles. The van der Waals surface area contributed by atoms with Gasteiger partial charge in [-0.3, -0.25) is 0 Å². The summed E-state index contributed by atoms with van der Waals surface area (Å²) in [5, 5.41) is 13.7. The lowest BCUT2D eigenvalue weighted by molar-refractivity contribution is -0.575. The van der Waals surface area contributed by atoms with Crippen molar-refractivity contribution in [2.75, 3.05) is 6.61 Å². The van der Waals surface area contributed by atoms with Crippen molar-refractivity contribution >= 4 is 32.5 Å². The zero-order valence-corrected chi connectivity index (χ0v) is 10.7. The van der Waals surface area contributed by atoms with Gasteiger partial charge in [0.2, 0.25) is 11.7 Å². The molecule has 0 aliphatic rings. The first kappa shape index (κ1) is 11.4. The summed E-state index contributed by atoms with van der Waals surface area (Å²) in [6, 6.07) is 7.58. The number of ether oxygens (including phenoxy) is 1. The highest BCUT2D eigenvalue weighted by Crippen LogP contribution is 2.28. The van der Waals surface area contributed by atoms with Gasteiger partial charge in [0.25, 0.3) is 0 Å². The van der Waals surface area contributed by atoms with Crippen molar-refractivity contribution < 1.29 is 9.47 Å². The molecule has 0 fully saturated rings. The van der Waals surface area contributed by atoms with Crippen LogP contribution in [-0.4, -0.2) is 11.6 Å². The Bertz CT molecular complexity index is 709. The van der Waals surface area contributed by atoms with Gasteiger partial charge in [0.15, 0.2) is 0 Å². The predicted octanol–water partition coefficient (Wildman–Crippen LogP) is 2.62. The number of fused-ring (bicyclic) bond motifs is 3. The van der Waals surface area contributed by atoms with Gasteiger partial charge in [-0.25, -0.2) is 4.98 Å². The van der Waals surface area contributed by atoms with E-state index in [1.807, 2.05) is 31.2 Å². The Kier molecular flexibility index (Phi) is 2.85. The van der Waals surface area contributed by atoms with Crippen molar-refractivity contribution in [1.82, 2.24) is 4.98 Å². The van der Waals surface area contributed by atoms with E-state index in [0.717, 1.165) is 25.3 Å². The lowest BCUT2D eigenvalue weighted by Crippen LogP contribution is -2.26. The normalized spacial score (nSPS) is 11.4. The Morgan fingerprint density at radius 1 is 1.39 bits per heavy atom. The second-order valence-electron chi connectivity index (χ2n) is 3.93. The quantitative estimate of drug-likeness (QED) is 0.537. The minimum Gasteiger partial charge on any atom is -0.618 e. The van der Waals surface area contributed by atoms with Crippen molar-refractivity contribution in [2.45, 2.75) is 13.5 Å². The first-order valence-electron chi connectivity index (χ1n) is 5.77. The monoisotopic (exact) mass is 260 g/mol. The molecular formula is C13H12N2O2S.